The Morgan fingerprint density at radius 3 is 2.46 bits per heavy atom. The molecule has 8 nitrogen and oxygen atoms in total. The Hall–Kier alpha value is -3.81. The van der Waals surface area contributed by atoms with Crippen LogP contribution in [-0.4, -0.2) is 37.2 Å². The molecule has 2 N–H and O–H groups in total. The molecule has 0 aliphatic carbocycles. The predicted molar refractivity (Wildman–Crippen MR) is 106 cm³/mol. The van der Waals surface area contributed by atoms with Gasteiger partial charge in [0.15, 0.2) is 0 Å². The molecule has 3 aromatic rings. The Labute approximate surface area is 162 Å². The number of methoxy groups -OCH3 is 3. The Balaban J connectivity index is 1.77. The minimum atomic E-state index is -0.389. The topological polar surface area (TPSA) is 94.6 Å². The molecule has 0 spiro atoms. The summed E-state index contributed by atoms with van der Waals surface area (Å²) in [5, 5.41) is 5.83. The van der Waals surface area contributed by atoms with Crippen LogP contribution in [0.3, 0.4) is 0 Å². The van der Waals surface area contributed by atoms with Crippen LogP contribution in [0.5, 0.6) is 17.2 Å². The highest BCUT2D eigenvalue weighted by Crippen LogP contribution is 2.29. The Morgan fingerprint density at radius 1 is 0.929 bits per heavy atom. The summed E-state index contributed by atoms with van der Waals surface area (Å²) in [7, 11) is 4.67. The molecule has 1 aromatic heterocycles. The van der Waals surface area contributed by atoms with Crippen molar-refractivity contribution in [1.82, 2.24) is 9.97 Å². The number of rotatable bonds is 7. The van der Waals surface area contributed by atoms with E-state index in [1.807, 2.05) is 18.2 Å². The van der Waals surface area contributed by atoms with Crippen molar-refractivity contribution < 1.29 is 19.0 Å². The third kappa shape index (κ3) is 4.47. The first-order valence-electron chi connectivity index (χ1n) is 8.40. The van der Waals surface area contributed by atoms with E-state index in [4.69, 9.17) is 14.2 Å². The molecule has 2 aromatic carbocycles. The standard InChI is InChI=1S/C20H20N4O4/c1-26-14-6-4-5-13(11-14)22-20-21-10-9-17(24-20)19(25)23-16-8-7-15(27-2)12-18(16)28-3/h4-12H,1-3H3,(H,23,25)(H,21,22,24). The van der Waals surface area contributed by atoms with Gasteiger partial charge in [0.2, 0.25) is 5.95 Å². The number of ether oxygens (including phenoxy) is 3. The molecule has 0 bridgehead atoms. The van der Waals surface area contributed by atoms with Gasteiger partial charge >= 0.3 is 0 Å². The van der Waals surface area contributed by atoms with Gasteiger partial charge in [-0.1, -0.05) is 6.07 Å². The van der Waals surface area contributed by atoms with Crippen LogP contribution in [0, 0.1) is 0 Å². The largest absolute Gasteiger partial charge is 0.497 e. The van der Waals surface area contributed by atoms with Crippen LogP contribution in [0.2, 0.25) is 0 Å². The highest BCUT2D eigenvalue weighted by Gasteiger charge is 2.13. The number of anilines is 3. The molecule has 1 amide bonds. The van der Waals surface area contributed by atoms with Gasteiger partial charge in [0.05, 0.1) is 27.0 Å². The van der Waals surface area contributed by atoms with Crippen LogP contribution < -0.4 is 24.8 Å². The summed E-state index contributed by atoms with van der Waals surface area (Å²) in [6, 6.07) is 14.0. The second kappa shape index (κ2) is 8.72. The zero-order valence-corrected chi connectivity index (χ0v) is 15.7. The van der Waals surface area contributed by atoms with Crippen LogP contribution in [0.1, 0.15) is 10.5 Å². The quantitative estimate of drug-likeness (QED) is 0.648. The van der Waals surface area contributed by atoms with Crippen molar-refractivity contribution in [2.75, 3.05) is 32.0 Å². The van der Waals surface area contributed by atoms with Gasteiger partial charge in [0.25, 0.3) is 5.91 Å². The second-order valence-electron chi connectivity index (χ2n) is 5.64. The van der Waals surface area contributed by atoms with Crippen molar-refractivity contribution >= 4 is 23.2 Å². The maximum atomic E-state index is 12.6. The SMILES string of the molecule is COc1cccc(Nc2nccc(C(=O)Nc3ccc(OC)cc3OC)n2)c1. The van der Waals surface area contributed by atoms with Crippen molar-refractivity contribution in [2.24, 2.45) is 0 Å². The van der Waals surface area contributed by atoms with E-state index in [0.717, 1.165) is 5.69 Å². The van der Waals surface area contributed by atoms with E-state index in [-0.39, 0.29) is 11.6 Å². The molecule has 8 heteroatoms. The fraction of sp³-hybridized carbons (Fsp3) is 0.150. The molecule has 0 saturated heterocycles. The maximum absolute atomic E-state index is 12.6. The molecule has 0 aliphatic heterocycles. The van der Waals surface area contributed by atoms with Gasteiger partial charge in [-0.3, -0.25) is 4.79 Å². The van der Waals surface area contributed by atoms with Crippen molar-refractivity contribution in [3.05, 3.63) is 60.4 Å². The lowest BCUT2D eigenvalue weighted by Gasteiger charge is -2.12. The monoisotopic (exact) mass is 380 g/mol. The first-order valence-corrected chi connectivity index (χ1v) is 8.40. The number of benzene rings is 2. The van der Waals surface area contributed by atoms with Crippen LogP contribution in [0.4, 0.5) is 17.3 Å². The number of nitrogens with one attached hydrogen (secondary N) is 2. The molecular weight excluding hydrogens is 360 g/mol. The van der Waals surface area contributed by atoms with E-state index in [1.165, 1.54) is 19.4 Å². The molecule has 0 saturated carbocycles. The lowest BCUT2D eigenvalue weighted by atomic mass is 10.2. The van der Waals surface area contributed by atoms with Crippen LogP contribution in [0.25, 0.3) is 0 Å². The Morgan fingerprint density at radius 2 is 1.71 bits per heavy atom. The summed E-state index contributed by atoms with van der Waals surface area (Å²) >= 11 is 0. The van der Waals surface area contributed by atoms with Crippen molar-refractivity contribution in [3.8, 4) is 17.2 Å². The fourth-order valence-corrected chi connectivity index (χ4v) is 2.46. The van der Waals surface area contributed by atoms with Gasteiger partial charge < -0.3 is 24.8 Å². The highest BCUT2D eigenvalue weighted by atomic mass is 16.5. The molecule has 144 valence electrons. The normalized spacial score (nSPS) is 10.1. The number of amides is 1. The van der Waals surface area contributed by atoms with Crippen molar-refractivity contribution in [2.45, 2.75) is 0 Å². The highest BCUT2D eigenvalue weighted by molar-refractivity contribution is 6.03. The predicted octanol–water partition coefficient (Wildman–Crippen LogP) is 3.50. The third-order valence-corrected chi connectivity index (χ3v) is 3.87. The molecule has 0 fully saturated rings. The molecule has 0 radical (unpaired) electrons. The van der Waals surface area contributed by atoms with Gasteiger partial charge in [-0.15, -0.1) is 0 Å². The van der Waals surface area contributed by atoms with E-state index in [1.54, 1.807) is 38.5 Å². The van der Waals surface area contributed by atoms with Crippen molar-refractivity contribution in [1.29, 1.82) is 0 Å². The fourth-order valence-electron chi connectivity index (χ4n) is 2.46. The van der Waals surface area contributed by atoms with Crippen LogP contribution in [-0.2, 0) is 0 Å². The molecule has 0 unspecified atom stereocenters. The smallest absolute Gasteiger partial charge is 0.274 e. The van der Waals surface area contributed by atoms with Crippen LogP contribution in [0.15, 0.2) is 54.7 Å². The minimum Gasteiger partial charge on any atom is -0.497 e. The summed E-state index contributed by atoms with van der Waals surface area (Å²) in [6.45, 7) is 0. The van der Waals surface area contributed by atoms with Gasteiger partial charge in [-0.25, -0.2) is 9.97 Å². The summed E-state index contributed by atoms with van der Waals surface area (Å²) in [5.41, 5.74) is 1.46. The summed E-state index contributed by atoms with van der Waals surface area (Å²) in [5.74, 6) is 1.71. The first-order chi connectivity index (χ1) is 13.6. The molecule has 3 rings (SSSR count). The van der Waals surface area contributed by atoms with Crippen molar-refractivity contribution in [3.63, 3.8) is 0 Å². The zero-order valence-electron chi connectivity index (χ0n) is 15.7. The van der Waals surface area contributed by atoms with E-state index >= 15 is 0 Å². The molecule has 0 atom stereocenters. The van der Waals surface area contributed by atoms with E-state index in [2.05, 4.69) is 20.6 Å². The Bertz CT molecular complexity index is 978. The number of aromatic nitrogens is 2. The average molecular weight is 380 g/mol. The van der Waals surface area contributed by atoms with E-state index in [9.17, 15) is 4.79 Å². The summed E-state index contributed by atoms with van der Waals surface area (Å²) in [4.78, 5) is 21.0. The van der Waals surface area contributed by atoms with Gasteiger partial charge in [0, 0.05) is 24.0 Å². The first kappa shape index (κ1) is 19.0. The molecule has 28 heavy (non-hydrogen) atoms. The minimum absolute atomic E-state index is 0.207. The van der Waals surface area contributed by atoms with Crippen LogP contribution >= 0.6 is 0 Å². The summed E-state index contributed by atoms with van der Waals surface area (Å²) < 4.78 is 15.7. The Kier molecular flexibility index (Phi) is 5.91. The third-order valence-electron chi connectivity index (χ3n) is 3.87. The average Bonchev–Trinajstić information content (AvgIpc) is 2.74. The molecule has 1 heterocycles. The zero-order chi connectivity index (χ0) is 19.9. The number of carbonyl (C=O) groups excluding carboxylic acids is 1. The van der Waals surface area contributed by atoms with Gasteiger partial charge in [0.1, 0.15) is 22.9 Å². The van der Waals surface area contributed by atoms with Gasteiger partial charge in [-0.05, 0) is 30.3 Å². The molecular formula is C20H20N4O4. The van der Waals surface area contributed by atoms with E-state index in [0.29, 0.717) is 28.9 Å². The number of hydrogen-bond acceptors (Lipinski definition) is 7. The number of nitrogens with zero attached hydrogens (tertiary/aromatic N) is 2. The lowest BCUT2D eigenvalue weighted by molar-refractivity contribution is 0.102. The summed E-state index contributed by atoms with van der Waals surface area (Å²) in [6.07, 6.45) is 1.51. The second-order valence-corrected chi connectivity index (χ2v) is 5.64. The number of carbonyl (C=O) groups is 1. The van der Waals surface area contributed by atoms with E-state index < -0.39 is 0 Å². The number of hydrogen-bond donors (Lipinski definition) is 2. The maximum Gasteiger partial charge on any atom is 0.274 e. The lowest BCUT2D eigenvalue weighted by Crippen LogP contribution is -2.15. The van der Waals surface area contributed by atoms with Gasteiger partial charge in [-0.2, -0.15) is 0 Å². The molecule has 0 aliphatic rings.